The van der Waals surface area contributed by atoms with Gasteiger partial charge < -0.3 is 4.90 Å². The minimum atomic E-state index is 0.325. The molecule has 1 fully saturated rings. The van der Waals surface area contributed by atoms with Gasteiger partial charge in [0.25, 0.3) is 0 Å². The van der Waals surface area contributed by atoms with Crippen molar-refractivity contribution in [2.45, 2.75) is 12.5 Å². The van der Waals surface area contributed by atoms with Gasteiger partial charge in [0.1, 0.15) is 10.7 Å². The minimum Gasteiger partial charge on any atom is -0.304 e. The summed E-state index contributed by atoms with van der Waals surface area (Å²) in [6.07, 6.45) is 2.01. The number of nitrogens with zero attached hydrogens (tertiary/aromatic N) is 3. The molecular formula is C11H17N3OS. The highest BCUT2D eigenvalue weighted by Crippen LogP contribution is 2.25. The summed E-state index contributed by atoms with van der Waals surface area (Å²) in [6, 6.07) is 0.325. The van der Waals surface area contributed by atoms with Crippen molar-refractivity contribution in [3.63, 3.8) is 0 Å². The lowest BCUT2D eigenvalue weighted by Crippen LogP contribution is -2.30. The van der Waals surface area contributed by atoms with Crippen LogP contribution in [0.25, 0.3) is 0 Å². The number of likely N-dealkylation sites (N-methyl/N-ethyl adjacent to an activating group) is 2. The number of hydrogen-bond acceptors (Lipinski definition) is 5. The molecule has 0 saturated carbocycles. The quantitative estimate of drug-likeness (QED) is 0.728. The van der Waals surface area contributed by atoms with Crippen LogP contribution < -0.4 is 0 Å². The smallest absolute Gasteiger partial charge is 0.169 e. The fourth-order valence-electron chi connectivity index (χ4n) is 2.05. The summed E-state index contributed by atoms with van der Waals surface area (Å²) in [5, 5.41) is 2.89. The van der Waals surface area contributed by atoms with Crippen LogP contribution in [0.5, 0.6) is 0 Å². The second-order valence-corrected chi connectivity index (χ2v) is 5.23. The van der Waals surface area contributed by atoms with Crippen LogP contribution in [0, 0.1) is 0 Å². The fraction of sp³-hybridized carbons (Fsp3) is 0.636. The zero-order valence-electron chi connectivity index (χ0n) is 9.72. The Labute approximate surface area is 99.9 Å². The number of hydrogen-bond donors (Lipinski definition) is 0. The number of carbonyl (C=O) groups is 1. The highest BCUT2D eigenvalue weighted by molar-refractivity contribution is 7.09. The van der Waals surface area contributed by atoms with E-state index in [9.17, 15) is 4.79 Å². The Kier molecular flexibility index (Phi) is 3.68. The van der Waals surface area contributed by atoms with E-state index in [2.05, 4.69) is 28.9 Å². The van der Waals surface area contributed by atoms with Crippen molar-refractivity contribution in [2.24, 2.45) is 0 Å². The van der Waals surface area contributed by atoms with Gasteiger partial charge in [-0.05, 0) is 33.6 Å². The predicted octanol–water partition coefficient (Wildman–Crippen LogP) is 1.26. The molecule has 1 aromatic heterocycles. The van der Waals surface area contributed by atoms with Crippen LogP contribution in [0.3, 0.4) is 0 Å². The molecule has 1 aliphatic rings. The zero-order valence-corrected chi connectivity index (χ0v) is 10.5. The van der Waals surface area contributed by atoms with Gasteiger partial charge in [-0.3, -0.25) is 9.69 Å². The Morgan fingerprint density at radius 3 is 3.00 bits per heavy atom. The monoisotopic (exact) mass is 239 g/mol. The van der Waals surface area contributed by atoms with Crippen LogP contribution in [0.2, 0.25) is 0 Å². The summed E-state index contributed by atoms with van der Waals surface area (Å²) in [6.45, 7) is 3.21. The molecule has 0 spiro atoms. The van der Waals surface area contributed by atoms with E-state index in [1.807, 2.05) is 5.38 Å². The Hall–Kier alpha value is -0.780. The molecule has 0 aliphatic carbocycles. The van der Waals surface area contributed by atoms with E-state index >= 15 is 0 Å². The number of aromatic nitrogens is 1. The van der Waals surface area contributed by atoms with Crippen LogP contribution in [-0.4, -0.2) is 54.8 Å². The SMILES string of the molecule is CN1CCCN(C)C(c2nc(C=O)cs2)C1. The second-order valence-electron chi connectivity index (χ2n) is 4.34. The first-order chi connectivity index (χ1) is 7.70. The fourth-order valence-corrected chi connectivity index (χ4v) is 2.97. The lowest BCUT2D eigenvalue weighted by atomic mass is 10.2. The molecule has 0 N–H and O–H groups in total. The van der Waals surface area contributed by atoms with Crippen molar-refractivity contribution < 1.29 is 4.79 Å². The van der Waals surface area contributed by atoms with Gasteiger partial charge in [-0.1, -0.05) is 0 Å². The van der Waals surface area contributed by atoms with Crippen LogP contribution in [0.1, 0.15) is 28.0 Å². The lowest BCUT2D eigenvalue weighted by molar-refractivity contribution is 0.111. The first-order valence-electron chi connectivity index (χ1n) is 5.50. The topological polar surface area (TPSA) is 36.4 Å². The average molecular weight is 239 g/mol. The van der Waals surface area contributed by atoms with E-state index < -0.39 is 0 Å². The molecule has 1 saturated heterocycles. The summed E-state index contributed by atoms with van der Waals surface area (Å²) in [5.41, 5.74) is 0.556. The maximum atomic E-state index is 10.6. The third kappa shape index (κ3) is 2.48. The molecule has 1 aliphatic heterocycles. The van der Waals surface area contributed by atoms with Gasteiger partial charge in [0.05, 0.1) is 6.04 Å². The minimum absolute atomic E-state index is 0.325. The van der Waals surface area contributed by atoms with Gasteiger partial charge in [0, 0.05) is 11.9 Å². The molecule has 0 aromatic carbocycles. The van der Waals surface area contributed by atoms with E-state index in [1.165, 1.54) is 6.42 Å². The first-order valence-corrected chi connectivity index (χ1v) is 6.38. The molecule has 0 radical (unpaired) electrons. The zero-order chi connectivity index (χ0) is 11.5. The Morgan fingerprint density at radius 1 is 1.50 bits per heavy atom. The predicted molar refractivity (Wildman–Crippen MR) is 65.0 cm³/mol. The van der Waals surface area contributed by atoms with E-state index in [1.54, 1.807) is 11.3 Å². The Balaban J connectivity index is 2.18. The van der Waals surface area contributed by atoms with Gasteiger partial charge in [-0.15, -0.1) is 11.3 Å². The summed E-state index contributed by atoms with van der Waals surface area (Å²) in [7, 11) is 4.27. The van der Waals surface area contributed by atoms with Gasteiger partial charge in [0.2, 0.25) is 0 Å². The number of aldehydes is 1. The van der Waals surface area contributed by atoms with E-state index in [4.69, 9.17) is 0 Å². The number of carbonyl (C=O) groups excluding carboxylic acids is 1. The van der Waals surface area contributed by atoms with Crippen LogP contribution in [0.15, 0.2) is 5.38 Å². The Morgan fingerprint density at radius 2 is 2.31 bits per heavy atom. The van der Waals surface area contributed by atoms with Crippen LogP contribution in [0.4, 0.5) is 0 Å². The van der Waals surface area contributed by atoms with Crippen molar-refractivity contribution in [3.8, 4) is 0 Å². The summed E-state index contributed by atoms with van der Waals surface area (Å²) < 4.78 is 0. The van der Waals surface area contributed by atoms with E-state index in [0.717, 1.165) is 30.9 Å². The molecule has 0 bridgehead atoms. The van der Waals surface area contributed by atoms with Crippen molar-refractivity contribution in [3.05, 3.63) is 16.1 Å². The van der Waals surface area contributed by atoms with E-state index in [-0.39, 0.29) is 0 Å². The molecule has 1 unspecified atom stereocenters. The first kappa shape index (κ1) is 11.7. The molecule has 1 aromatic rings. The highest BCUT2D eigenvalue weighted by atomic mass is 32.1. The van der Waals surface area contributed by atoms with E-state index in [0.29, 0.717) is 11.7 Å². The van der Waals surface area contributed by atoms with Crippen molar-refractivity contribution in [2.75, 3.05) is 33.7 Å². The third-order valence-corrected chi connectivity index (χ3v) is 3.98. The molecule has 2 heterocycles. The molecule has 5 heteroatoms. The highest BCUT2D eigenvalue weighted by Gasteiger charge is 2.24. The molecule has 1 atom stereocenters. The molecule has 16 heavy (non-hydrogen) atoms. The molecule has 2 rings (SSSR count). The number of rotatable bonds is 2. The largest absolute Gasteiger partial charge is 0.304 e. The third-order valence-electron chi connectivity index (χ3n) is 3.01. The van der Waals surface area contributed by atoms with Gasteiger partial charge >= 0.3 is 0 Å². The number of thiazole rings is 1. The molecule has 4 nitrogen and oxygen atoms in total. The van der Waals surface area contributed by atoms with Gasteiger partial charge in [-0.25, -0.2) is 4.98 Å². The average Bonchev–Trinajstić information content (AvgIpc) is 2.67. The lowest BCUT2D eigenvalue weighted by Gasteiger charge is -2.25. The van der Waals surface area contributed by atoms with Crippen molar-refractivity contribution in [1.29, 1.82) is 0 Å². The van der Waals surface area contributed by atoms with Gasteiger partial charge in [-0.2, -0.15) is 0 Å². The van der Waals surface area contributed by atoms with Crippen molar-refractivity contribution >= 4 is 17.6 Å². The molecule has 0 amide bonds. The summed E-state index contributed by atoms with van der Waals surface area (Å²) in [5.74, 6) is 0. The summed E-state index contributed by atoms with van der Waals surface area (Å²) in [4.78, 5) is 19.7. The van der Waals surface area contributed by atoms with Crippen LogP contribution >= 0.6 is 11.3 Å². The molecule has 88 valence electrons. The maximum Gasteiger partial charge on any atom is 0.169 e. The second kappa shape index (κ2) is 5.03. The normalized spacial score (nSPS) is 24.2. The van der Waals surface area contributed by atoms with Crippen molar-refractivity contribution in [1.82, 2.24) is 14.8 Å². The molecular weight excluding hydrogens is 222 g/mol. The van der Waals surface area contributed by atoms with Crippen LogP contribution in [-0.2, 0) is 0 Å². The maximum absolute atomic E-state index is 10.6. The standard InChI is InChI=1S/C11H17N3OS/c1-13-4-3-5-14(2)10(6-13)11-12-9(7-15)8-16-11/h7-8,10H,3-6H2,1-2H3. The van der Waals surface area contributed by atoms with Gasteiger partial charge in [0.15, 0.2) is 6.29 Å². The Bertz CT molecular complexity index is 366. The summed E-state index contributed by atoms with van der Waals surface area (Å²) >= 11 is 1.58.